The quantitative estimate of drug-likeness (QED) is 0.878. The molecule has 1 unspecified atom stereocenters. The standard InChI is InChI=1S/C13H16ClF3O2/c1-3-4-7-12(18,13(15,16)17)10-8-9(14)5-6-11(10)19-2/h5-6,8,18H,3-4,7H2,1-2H3. The van der Waals surface area contributed by atoms with E-state index in [0.29, 0.717) is 6.42 Å². The molecule has 1 aromatic rings. The number of halogens is 4. The summed E-state index contributed by atoms with van der Waals surface area (Å²) in [6.45, 7) is 1.76. The van der Waals surface area contributed by atoms with Gasteiger partial charge >= 0.3 is 6.18 Å². The summed E-state index contributed by atoms with van der Waals surface area (Å²) in [5.41, 5.74) is -3.29. The van der Waals surface area contributed by atoms with Gasteiger partial charge in [-0.1, -0.05) is 31.4 Å². The fourth-order valence-electron chi connectivity index (χ4n) is 1.87. The maximum atomic E-state index is 13.2. The Morgan fingerprint density at radius 1 is 1.32 bits per heavy atom. The largest absolute Gasteiger partial charge is 0.496 e. The zero-order valence-electron chi connectivity index (χ0n) is 10.7. The average Bonchev–Trinajstić information content (AvgIpc) is 2.34. The molecule has 0 amide bonds. The Morgan fingerprint density at radius 2 is 1.95 bits per heavy atom. The van der Waals surface area contributed by atoms with E-state index in [1.807, 2.05) is 0 Å². The monoisotopic (exact) mass is 296 g/mol. The number of ether oxygens (including phenoxy) is 1. The summed E-state index contributed by atoms with van der Waals surface area (Å²) in [6, 6.07) is 3.84. The zero-order valence-corrected chi connectivity index (χ0v) is 11.5. The molecule has 0 saturated heterocycles. The van der Waals surface area contributed by atoms with E-state index in [1.165, 1.54) is 19.2 Å². The van der Waals surface area contributed by atoms with Gasteiger partial charge in [0.2, 0.25) is 0 Å². The van der Waals surface area contributed by atoms with Crippen molar-refractivity contribution in [3.05, 3.63) is 28.8 Å². The lowest BCUT2D eigenvalue weighted by Crippen LogP contribution is -2.42. The second-order valence-corrected chi connectivity index (χ2v) is 4.74. The maximum absolute atomic E-state index is 13.2. The first kappa shape index (κ1) is 16.1. The van der Waals surface area contributed by atoms with Crippen molar-refractivity contribution in [2.24, 2.45) is 0 Å². The number of unbranched alkanes of at least 4 members (excludes halogenated alkanes) is 1. The van der Waals surface area contributed by atoms with Gasteiger partial charge < -0.3 is 9.84 Å². The van der Waals surface area contributed by atoms with Crippen molar-refractivity contribution >= 4 is 11.6 Å². The zero-order chi connectivity index (χ0) is 14.7. The molecule has 1 aromatic carbocycles. The van der Waals surface area contributed by atoms with Gasteiger partial charge in [-0.25, -0.2) is 0 Å². The first-order valence-electron chi connectivity index (χ1n) is 5.89. The van der Waals surface area contributed by atoms with Crippen LogP contribution in [0, 0.1) is 0 Å². The second-order valence-electron chi connectivity index (χ2n) is 4.31. The summed E-state index contributed by atoms with van der Waals surface area (Å²) in [5.74, 6) is -0.0275. The van der Waals surface area contributed by atoms with Gasteiger partial charge in [0.15, 0.2) is 5.60 Å². The summed E-state index contributed by atoms with van der Waals surface area (Å²) >= 11 is 5.73. The summed E-state index contributed by atoms with van der Waals surface area (Å²) in [7, 11) is 1.25. The lowest BCUT2D eigenvalue weighted by atomic mass is 9.87. The molecular formula is C13H16ClF3O2. The minimum absolute atomic E-state index is 0.0275. The molecule has 0 radical (unpaired) electrons. The molecule has 1 N–H and O–H groups in total. The van der Waals surface area contributed by atoms with E-state index in [0.717, 1.165) is 6.07 Å². The Hall–Kier alpha value is -0.940. The molecule has 19 heavy (non-hydrogen) atoms. The highest BCUT2D eigenvalue weighted by atomic mass is 35.5. The lowest BCUT2D eigenvalue weighted by Gasteiger charge is -2.32. The van der Waals surface area contributed by atoms with Gasteiger partial charge in [0, 0.05) is 10.6 Å². The number of rotatable bonds is 5. The Labute approximate surface area is 115 Å². The molecule has 0 bridgehead atoms. The number of aliphatic hydroxyl groups is 1. The predicted octanol–water partition coefficient (Wildman–Crippen LogP) is 4.29. The van der Waals surface area contributed by atoms with E-state index in [9.17, 15) is 18.3 Å². The molecule has 0 spiro atoms. The van der Waals surface area contributed by atoms with E-state index in [4.69, 9.17) is 16.3 Å². The van der Waals surface area contributed by atoms with Crippen LogP contribution < -0.4 is 4.74 Å². The molecule has 0 heterocycles. The third-order valence-electron chi connectivity index (χ3n) is 2.97. The van der Waals surface area contributed by atoms with Gasteiger partial charge in [0.25, 0.3) is 0 Å². The predicted molar refractivity (Wildman–Crippen MR) is 67.5 cm³/mol. The second kappa shape index (κ2) is 6.01. The van der Waals surface area contributed by atoms with Gasteiger partial charge in [-0.15, -0.1) is 0 Å². The van der Waals surface area contributed by atoms with Crippen LogP contribution in [0.25, 0.3) is 0 Å². The van der Waals surface area contributed by atoms with Crippen LogP contribution >= 0.6 is 11.6 Å². The summed E-state index contributed by atoms with van der Waals surface area (Å²) < 4.78 is 44.5. The van der Waals surface area contributed by atoms with Gasteiger partial charge in [0.1, 0.15) is 5.75 Å². The Kier molecular flexibility index (Phi) is 5.10. The smallest absolute Gasteiger partial charge is 0.421 e. The topological polar surface area (TPSA) is 29.5 Å². The molecule has 0 aliphatic carbocycles. The van der Waals surface area contributed by atoms with Crippen molar-refractivity contribution in [2.45, 2.75) is 38.0 Å². The summed E-state index contributed by atoms with van der Waals surface area (Å²) in [5, 5.41) is 10.2. The van der Waals surface area contributed by atoms with Crippen LogP contribution in [0.4, 0.5) is 13.2 Å². The molecule has 108 valence electrons. The molecule has 0 fully saturated rings. The van der Waals surface area contributed by atoms with Crippen LogP contribution in [0.2, 0.25) is 5.02 Å². The van der Waals surface area contributed by atoms with Crippen molar-refractivity contribution in [1.29, 1.82) is 0 Å². The van der Waals surface area contributed by atoms with Gasteiger partial charge in [-0.2, -0.15) is 13.2 Å². The van der Waals surface area contributed by atoms with Gasteiger partial charge in [-0.3, -0.25) is 0 Å². The Morgan fingerprint density at radius 3 is 2.42 bits per heavy atom. The minimum Gasteiger partial charge on any atom is -0.496 e. The van der Waals surface area contributed by atoms with Gasteiger partial charge in [-0.05, 0) is 24.6 Å². The van der Waals surface area contributed by atoms with E-state index in [2.05, 4.69) is 0 Å². The molecule has 2 nitrogen and oxygen atoms in total. The molecule has 0 saturated carbocycles. The number of hydrogen-bond donors (Lipinski definition) is 1. The third-order valence-corrected chi connectivity index (χ3v) is 3.20. The summed E-state index contributed by atoms with van der Waals surface area (Å²) in [4.78, 5) is 0. The van der Waals surface area contributed by atoms with Crippen LogP contribution in [0.1, 0.15) is 31.7 Å². The average molecular weight is 297 g/mol. The van der Waals surface area contributed by atoms with Crippen LogP contribution in [0.3, 0.4) is 0 Å². The highest BCUT2D eigenvalue weighted by Gasteiger charge is 2.55. The van der Waals surface area contributed by atoms with Crippen molar-refractivity contribution in [3.8, 4) is 5.75 Å². The van der Waals surface area contributed by atoms with Crippen molar-refractivity contribution < 1.29 is 23.0 Å². The van der Waals surface area contributed by atoms with Crippen molar-refractivity contribution in [3.63, 3.8) is 0 Å². The number of alkyl halides is 3. The molecule has 1 rings (SSSR count). The van der Waals surface area contributed by atoms with Crippen LogP contribution in [-0.4, -0.2) is 18.4 Å². The van der Waals surface area contributed by atoms with E-state index in [-0.39, 0.29) is 22.8 Å². The maximum Gasteiger partial charge on any atom is 0.421 e. The first-order chi connectivity index (χ1) is 8.76. The van der Waals surface area contributed by atoms with Crippen molar-refractivity contribution in [1.82, 2.24) is 0 Å². The van der Waals surface area contributed by atoms with Crippen LogP contribution in [0.5, 0.6) is 5.75 Å². The van der Waals surface area contributed by atoms with E-state index >= 15 is 0 Å². The lowest BCUT2D eigenvalue weighted by molar-refractivity contribution is -0.270. The number of benzene rings is 1. The third kappa shape index (κ3) is 3.34. The number of methoxy groups -OCH3 is 1. The molecule has 6 heteroatoms. The SMILES string of the molecule is CCCCC(O)(c1cc(Cl)ccc1OC)C(F)(F)F. The highest BCUT2D eigenvalue weighted by Crippen LogP contribution is 2.46. The fourth-order valence-corrected chi connectivity index (χ4v) is 2.04. The molecule has 1 atom stereocenters. The van der Waals surface area contributed by atoms with Crippen LogP contribution in [0.15, 0.2) is 18.2 Å². The van der Waals surface area contributed by atoms with Gasteiger partial charge in [0.05, 0.1) is 7.11 Å². The summed E-state index contributed by atoms with van der Waals surface area (Å²) in [6.07, 6.45) is -4.43. The van der Waals surface area contributed by atoms with E-state index in [1.54, 1.807) is 6.92 Å². The van der Waals surface area contributed by atoms with Crippen LogP contribution in [-0.2, 0) is 5.60 Å². The Balaban J connectivity index is 3.36. The Bertz CT molecular complexity index is 434. The van der Waals surface area contributed by atoms with Crippen molar-refractivity contribution in [2.75, 3.05) is 7.11 Å². The molecular weight excluding hydrogens is 281 g/mol. The molecule has 0 aromatic heterocycles. The minimum atomic E-state index is -4.79. The molecule has 0 aliphatic rings. The fraction of sp³-hybridized carbons (Fsp3) is 0.538. The first-order valence-corrected chi connectivity index (χ1v) is 6.27. The van der Waals surface area contributed by atoms with E-state index < -0.39 is 18.2 Å². The normalized spacial score (nSPS) is 15.1. The molecule has 0 aliphatic heterocycles. The number of hydrogen-bond acceptors (Lipinski definition) is 2. The highest BCUT2D eigenvalue weighted by molar-refractivity contribution is 6.30.